The van der Waals surface area contributed by atoms with Crippen LogP contribution in [0.2, 0.25) is 0 Å². The smallest absolute Gasteiger partial charge is 0.199 e. The largest absolute Gasteiger partial charge is 0.384 e. The molecule has 0 saturated heterocycles. The summed E-state index contributed by atoms with van der Waals surface area (Å²) in [5, 5.41) is 25.9. The van der Waals surface area contributed by atoms with Crippen LogP contribution in [0.4, 0.5) is 5.82 Å². The first kappa shape index (κ1) is 12.2. The van der Waals surface area contributed by atoms with Crippen LogP contribution in [-0.2, 0) is 0 Å². The highest BCUT2D eigenvalue weighted by molar-refractivity contribution is 5.91. The summed E-state index contributed by atoms with van der Waals surface area (Å²) in [5.74, 6) is -0.391. The number of rotatable bonds is 1. The minimum absolute atomic E-state index is 0.00500. The van der Waals surface area contributed by atoms with Crippen LogP contribution >= 0.6 is 0 Å². The Bertz CT molecular complexity index is 727. The normalized spacial score (nSPS) is 9.58. The highest BCUT2D eigenvalue weighted by Gasteiger charge is 2.23. The van der Waals surface area contributed by atoms with Gasteiger partial charge in [-0.2, -0.15) is 10.5 Å². The van der Waals surface area contributed by atoms with Crippen molar-refractivity contribution in [3.8, 4) is 23.3 Å². The number of nitrogen functional groups attached to an aromatic ring is 2. The number of nitrogens with one attached hydrogen (secondary N) is 1. The lowest BCUT2D eigenvalue weighted by atomic mass is 10.0. The van der Waals surface area contributed by atoms with Crippen molar-refractivity contribution in [1.29, 1.82) is 15.9 Å². The monoisotopic (exact) mass is 250 g/mol. The van der Waals surface area contributed by atoms with Gasteiger partial charge in [0.05, 0.1) is 0 Å². The van der Waals surface area contributed by atoms with Gasteiger partial charge in [-0.1, -0.05) is 30.3 Å². The van der Waals surface area contributed by atoms with E-state index in [4.69, 9.17) is 16.9 Å². The molecule has 0 spiro atoms. The van der Waals surface area contributed by atoms with Crippen molar-refractivity contribution in [1.82, 2.24) is 4.57 Å². The number of hydrogen-bond donors (Lipinski definition) is 3. The zero-order valence-electron chi connectivity index (χ0n) is 9.88. The van der Waals surface area contributed by atoms with Gasteiger partial charge in [-0.15, -0.1) is 0 Å². The van der Waals surface area contributed by atoms with E-state index in [9.17, 15) is 10.5 Å². The van der Waals surface area contributed by atoms with Gasteiger partial charge in [0.1, 0.15) is 29.2 Å². The maximum Gasteiger partial charge on any atom is 0.199 e. The van der Waals surface area contributed by atoms with Gasteiger partial charge in [-0.3, -0.25) is 9.98 Å². The van der Waals surface area contributed by atoms with Gasteiger partial charge >= 0.3 is 0 Å². The molecule has 1 aromatic heterocycles. The van der Waals surface area contributed by atoms with Crippen LogP contribution < -0.4 is 11.5 Å². The van der Waals surface area contributed by atoms with E-state index in [1.54, 1.807) is 24.3 Å². The number of aromatic nitrogens is 1. The molecule has 0 bridgehead atoms. The molecule has 0 atom stereocenters. The van der Waals surface area contributed by atoms with Gasteiger partial charge in [-0.05, 0) is 5.56 Å². The minimum Gasteiger partial charge on any atom is -0.384 e. The fourth-order valence-electron chi connectivity index (χ4n) is 1.95. The number of nitrogens with two attached hydrogens (primary N) is 2. The van der Waals surface area contributed by atoms with E-state index >= 15 is 0 Å². The number of benzene rings is 1. The molecule has 1 aromatic carbocycles. The van der Waals surface area contributed by atoms with E-state index in [-0.39, 0.29) is 17.1 Å². The first-order chi connectivity index (χ1) is 9.11. The predicted octanol–water partition coefficient (Wildman–Crippen LogP) is 1.22. The second-order valence-electron chi connectivity index (χ2n) is 3.79. The average molecular weight is 250 g/mol. The van der Waals surface area contributed by atoms with Crippen molar-refractivity contribution in [2.45, 2.75) is 0 Å². The summed E-state index contributed by atoms with van der Waals surface area (Å²) >= 11 is 0. The maximum absolute atomic E-state index is 9.25. The summed E-state index contributed by atoms with van der Waals surface area (Å²) in [6, 6.07) is 12.9. The highest BCUT2D eigenvalue weighted by Crippen LogP contribution is 2.33. The van der Waals surface area contributed by atoms with Gasteiger partial charge in [0, 0.05) is 5.56 Å². The Morgan fingerprint density at radius 1 is 1.16 bits per heavy atom. The minimum atomic E-state index is -0.396. The van der Waals surface area contributed by atoms with Crippen molar-refractivity contribution in [3.05, 3.63) is 41.6 Å². The molecular weight excluding hydrogens is 240 g/mol. The fourth-order valence-corrected chi connectivity index (χ4v) is 1.95. The molecule has 2 aromatic rings. The summed E-state index contributed by atoms with van der Waals surface area (Å²) in [7, 11) is 0. The van der Waals surface area contributed by atoms with Gasteiger partial charge in [-0.25, -0.2) is 0 Å². The molecule has 0 saturated carbocycles. The second kappa shape index (κ2) is 4.55. The number of nitriles is 2. The number of nitrogens with zero attached hydrogens (tertiary/aromatic N) is 3. The van der Waals surface area contributed by atoms with Crippen molar-refractivity contribution in [3.63, 3.8) is 0 Å². The number of hydrogen-bond acceptors (Lipinski definition) is 4. The molecule has 6 nitrogen and oxygen atoms in total. The molecule has 0 unspecified atom stereocenters. The van der Waals surface area contributed by atoms with Crippen LogP contribution in [0, 0.1) is 28.1 Å². The molecule has 0 fully saturated rings. The van der Waals surface area contributed by atoms with Gasteiger partial charge in [0.25, 0.3) is 0 Å². The van der Waals surface area contributed by atoms with Gasteiger partial charge < -0.3 is 11.5 Å². The Morgan fingerprint density at radius 3 is 2.26 bits per heavy atom. The SMILES string of the molecule is N#Cc1c(-c2ccccc2)c(C#N)n(C(=N)N)c1N. The van der Waals surface area contributed by atoms with Crippen molar-refractivity contribution in [2.24, 2.45) is 5.73 Å². The summed E-state index contributed by atoms with van der Waals surface area (Å²) in [5.41, 5.74) is 12.5. The summed E-state index contributed by atoms with van der Waals surface area (Å²) in [6.07, 6.45) is 0. The Labute approximate surface area is 109 Å². The molecule has 0 aliphatic carbocycles. The third-order valence-electron chi connectivity index (χ3n) is 2.73. The van der Waals surface area contributed by atoms with Crippen LogP contribution in [0.25, 0.3) is 11.1 Å². The molecule has 5 N–H and O–H groups in total. The standard InChI is InChI=1S/C13H10N6/c14-6-9-11(8-4-2-1-3-5-8)10(7-15)19(12(9)16)13(17)18/h1-5H,16H2,(H3,17,18). The molecule has 0 amide bonds. The van der Waals surface area contributed by atoms with Crippen molar-refractivity contribution >= 4 is 11.8 Å². The molecular formula is C13H10N6. The first-order valence-corrected chi connectivity index (χ1v) is 5.36. The Balaban J connectivity index is 2.89. The molecule has 92 valence electrons. The zero-order chi connectivity index (χ0) is 14.0. The van der Waals surface area contributed by atoms with E-state index in [2.05, 4.69) is 0 Å². The molecule has 2 rings (SSSR count). The third-order valence-corrected chi connectivity index (χ3v) is 2.73. The Hall–Kier alpha value is -3.25. The quantitative estimate of drug-likeness (QED) is 0.519. The Kier molecular flexibility index (Phi) is 2.93. The average Bonchev–Trinajstić information content (AvgIpc) is 2.71. The van der Waals surface area contributed by atoms with Crippen LogP contribution in [0.1, 0.15) is 11.3 Å². The topological polar surface area (TPSA) is 128 Å². The highest BCUT2D eigenvalue weighted by atomic mass is 15.2. The summed E-state index contributed by atoms with van der Waals surface area (Å²) in [4.78, 5) is 0. The first-order valence-electron chi connectivity index (χ1n) is 5.36. The number of anilines is 1. The summed E-state index contributed by atoms with van der Waals surface area (Å²) < 4.78 is 1.07. The summed E-state index contributed by atoms with van der Waals surface area (Å²) in [6.45, 7) is 0. The van der Waals surface area contributed by atoms with Crippen molar-refractivity contribution in [2.75, 3.05) is 5.73 Å². The van der Waals surface area contributed by atoms with Gasteiger partial charge in [0.2, 0.25) is 0 Å². The maximum atomic E-state index is 9.25. The van der Waals surface area contributed by atoms with Crippen LogP contribution in [-0.4, -0.2) is 10.5 Å². The second-order valence-corrected chi connectivity index (χ2v) is 3.79. The molecule has 0 aliphatic rings. The van der Waals surface area contributed by atoms with E-state index in [1.165, 1.54) is 0 Å². The lowest BCUT2D eigenvalue weighted by Gasteiger charge is -2.03. The lowest BCUT2D eigenvalue weighted by Crippen LogP contribution is -2.23. The van der Waals surface area contributed by atoms with Crippen LogP contribution in [0.15, 0.2) is 30.3 Å². The van der Waals surface area contributed by atoms with E-state index < -0.39 is 5.96 Å². The fraction of sp³-hybridized carbons (Fsp3) is 0. The van der Waals surface area contributed by atoms with E-state index in [1.807, 2.05) is 18.2 Å². The van der Waals surface area contributed by atoms with Crippen molar-refractivity contribution < 1.29 is 0 Å². The molecule has 0 radical (unpaired) electrons. The predicted molar refractivity (Wildman–Crippen MR) is 71.0 cm³/mol. The Morgan fingerprint density at radius 2 is 1.79 bits per heavy atom. The zero-order valence-corrected chi connectivity index (χ0v) is 9.88. The van der Waals surface area contributed by atoms with Crippen LogP contribution in [0.5, 0.6) is 0 Å². The van der Waals surface area contributed by atoms with E-state index in [0.29, 0.717) is 11.1 Å². The van der Waals surface area contributed by atoms with E-state index in [0.717, 1.165) is 4.57 Å². The van der Waals surface area contributed by atoms with Crippen LogP contribution in [0.3, 0.4) is 0 Å². The third kappa shape index (κ3) is 1.78. The molecule has 19 heavy (non-hydrogen) atoms. The lowest BCUT2D eigenvalue weighted by molar-refractivity contribution is 1.09. The van der Waals surface area contributed by atoms with Gasteiger partial charge in [0.15, 0.2) is 5.96 Å². The molecule has 6 heteroatoms. The molecule has 1 heterocycles. The molecule has 0 aliphatic heterocycles.